The van der Waals surface area contributed by atoms with Crippen LogP contribution in [0.15, 0.2) is 70.7 Å². The lowest BCUT2D eigenvalue weighted by Gasteiger charge is -2.07. The van der Waals surface area contributed by atoms with Crippen molar-refractivity contribution in [2.75, 3.05) is 5.32 Å². The molecule has 0 spiro atoms. The molecule has 7 heteroatoms. The van der Waals surface area contributed by atoms with Crippen LogP contribution < -0.4 is 5.32 Å². The first-order chi connectivity index (χ1) is 13.5. The van der Waals surface area contributed by atoms with Gasteiger partial charge in [0.1, 0.15) is 23.2 Å². The maximum atomic E-state index is 12.4. The number of rotatable bonds is 5. The van der Waals surface area contributed by atoms with Gasteiger partial charge in [0, 0.05) is 16.7 Å². The van der Waals surface area contributed by atoms with Gasteiger partial charge >= 0.3 is 5.97 Å². The lowest BCUT2D eigenvalue weighted by molar-refractivity contribution is -0.112. The third-order valence-corrected chi connectivity index (χ3v) is 4.03. The first kappa shape index (κ1) is 19.0. The number of benzene rings is 2. The Morgan fingerprint density at radius 1 is 1.11 bits per heavy atom. The number of halogens is 1. The molecular weight excluding hydrogens is 380 g/mol. The zero-order chi connectivity index (χ0) is 20.1. The van der Waals surface area contributed by atoms with Crippen molar-refractivity contribution in [3.8, 4) is 17.4 Å². The quantitative estimate of drug-likeness (QED) is 0.477. The Bertz CT molecular complexity index is 1130. The summed E-state index contributed by atoms with van der Waals surface area (Å²) in [5.41, 5.74) is 0.548. The van der Waals surface area contributed by atoms with Gasteiger partial charge in [0.15, 0.2) is 0 Å². The topological polar surface area (TPSA) is 103 Å². The summed E-state index contributed by atoms with van der Waals surface area (Å²) < 4.78 is 5.66. The van der Waals surface area contributed by atoms with Crippen molar-refractivity contribution in [1.82, 2.24) is 0 Å². The van der Waals surface area contributed by atoms with E-state index < -0.39 is 11.9 Å². The molecule has 2 aromatic carbocycles. The highest BCUT2D eigenvalue weighted by Crippen LogP contribution is 2.26. The maximum Gasteiger partial charge on any atom is 0.337 e. The molecule has 6 nitrogen and oxygen atoms in total. The molecule has 1 aromatic heterocycles. The van der Waals surface area contributed by atoms with Crippen molar-refractivity contribution in [2.45, 2.75) is 0 Å². The number of carbonyl (C=O) groups is 2. The van der Waals surface area contributed by atoms with Gasteiger partial charge in [-0.1, -0.05) is 35.9 Å². The van der Waals surface area contributed by atoms with Crippen molar-refractivity contribution < 1.29 is 19.1 Å². The van der Waals surface area contributed by atoms with Gasteiger partial charge in [-0.05, 0) is 36.4 Å². The Hall–Kier alpha value is -3.82. The Labute approximate surface area is 165 Å². The highest BCUT2D eigenvalue weighted by Gasteiger charge is 2.15. The second kappa shape index (κ2) is 8.25. The second-order valence-corrected chi connectivity index (χ2v) is 6.12. The van der Waals surface area contributed by atoms with E-state index in [0.717, 1.165) is 5.56 Å². The number of nitriles is 1. The molecule has 0 radical (unpaired) electrons. The minimum Gasteiger partial charge on any atom is -0.478 e. The van der Waals surface area contributed by atoms with E-state index in [1.807, 2.05) is 6.07 Å². The molecule has 1 amide bonds. The summed E-state index contributed by atoms with van der Waals surface area (Å²) in [7, 11) is 0. The first-order valence-corrected chi connectivity index (χ1v) is 8.47. The lowest BCUT2D eigenvalue weighted by atomic mass is 10.1. The summed E-state index contributed by atoms with van der Waals surface area (Å²) in [6.45, 7) is 0. The fourth-order valence-corrected chi connectivity index (χ4v) is 2.68. The molecule has 3 aromatic rings. The molecule has 0 unspecified atom stereocenters. The van der Waals surface area contributed by atoms with Gasteiger partial charge in [0.25, 0.3) is 5.91 Å². The molecule has 1 heterocycles. The highest BCUT2D eigenvalue weighted by atomic mass is 35.5. The highest BCUT2D eigenvalue weighted by molar-refractivity contribution is 6.30. The second-order valence-electron chi connectivity index (χ2n) is 5.69. The van der Waals surface area contributed by atoms with Crippen LogP contribution >= 0.6 is 11.6 Å². The van der Waals surface area contributed by atoms with Crippen molar-refractivity contribution in [2.24, 2.45) is 0 Å². The average Bonchev–Trinajstić information content (AvgIpc) is 3.15. The molecule has 28 heavy (non-hydrogen) atoms. The zero-order valence-corrected chi connectivity index (χ0v) is 15.1. The molecule has 2 N–H and O–H groups in total. The monoisotopic (exact) mass is 392 g/mol. The Morgan fingerprint density at radius 3 is 2.61 bits per heavy atom. The predicted octanol–water partition coefficient (Wildman–Crippen LogP) is 4.84. The smallest absolute Gasteiger partial charge is 0.337 e. The van der Waals surface area contributed by atoms with Crippen LogP contribution in [0.1, 0.15) is 16.1 Å². The summed E-state index contributed by atoms with van der Waals surface area (Å²) >= 11 is 5.97. The minimum atomic E-state index is -1.18. The molecule has 0 fully saturated rings. The molecule has 0 saturated heterocycles. The Balaban J connectivity index is 1.84. The molecule has 3 rings (SSSR count). The average molecular weight is 393 g/mol. The molecule has 0 aliphatic heterocycles. The zero-order valence-electron chi connectivity index (χ0n) is 14.3. The number of nitrogens with zero attached hydrogens (tertiary/aromatic N) is 1. The number of carboxylic acids is 1. The lowest BCUT2D eigenvalue weighted by Crippen LogP contribution is -2.16. The van der Waals surface area contributed by atoms with E-state index in [-0.39, 0.29) is 16.8 Å². The van der Waals surface area contributed by atoms with Crippen LogP contribution in [0.25, 0.3) is 17.4 Å². The van der Waals surface area contributed by atoms with E-state index in [1.165, 1.54) is 18.2 Å². The number of amides is 1. The van der Waals surface area contributed by atoms with E-state index >= 15 is 0 Å². The normalized spacial score (nSPS) is 10.9. The van der Waals surface area contributed by atoms with Gasteiger partial charge in [0.2, 0.25) is 0 Å². The number of aromatic carboxylic acids is 1. The van der Waals surface area contributed by atoms with E-state index in [4.69, 9.17) is 16.0 Å². The van der Waals surface area contributed by atoms with Crippen LogP contribution in [0.4, 0.5) is 5.69 Å². The van der Waals surface area contributed by atoms with Crippen LogP contribution in [0.2, 0.25) is 5.02 Å². The van der Waals surface area contributed by atoms with Gasteiger partial charge in [-0.15, -0.1) is 0 Å². The summed E-state index contributed by atoms with van der Waals surface area (Å²) in [4.78, 5) is 23.6. The van der Waals surface area contributed by atoms with Crippen molar-refractivity contribution >= 4 is 35.2 Å². The largest absolute Gasteiger partial charge is 0.478 e. The Morgan fingerprint density at radius 2 is 1.89 bits per heavy atom. The third kappa shape index (κ3) is 4.29. The van der Waals surface area contributed by atoms with E-state index in [0.29, 0.717) is 16.5 Å². The summed E-state index contributed by atoms with van der Waals surface area (Å²) in [6.07, 6.45) is 1.28. The fraction of sp³-hybridized carbons (Fsp3) is 0. The number of anilines is 1. The molecule has 0 atom stereocenters. The summed E-state index contributed by atoms with van der Waals surface area (Å²) in [5.74, 6) is -1.09. The molecule has 0 aliphatic carbocycles. The Kier molecular flexibility index (Phi) is 5.58. The van der Waals surface area contributed by atoms with Gasteiger partial charge in [0.05, 0.1) is 11.3 Å². The summed E-state index contributed by atoms with van der Waals surface area (Å²) in [5, 5.41) is 21.5. The molecule has 138 valence electrons. The van der Waals surface area contributed by atoms with Crippen LogP contribution in [-0.2, 0) is 4.79 Å². The molecule has 0 saturated carbocycles. The number of furan rings is 1. The van der Waals surface area contributed by atoms with Crippen LogP contribution in [0, 0.1) is 11.3 Å². The number of carbonyl (C=O) groups excluding carboxylic acids is 1. The molecular formula is C21H13ClN2O4. The predicted molar refractivity (Wildman–Crippen MR) is 105 cm³/mol. The van der Waals surface area contributed by atoms with Gasteiger partial charge in [-0.3, -0.25) is 4.79 Å². The number of carboxylic acid groups (broad SMARTS) is 1. The van der Waals surface area contributed by atoms with E-state index in [1.54, 1.807) is 48.5 Å². The minimum absolute atomic E-state index is 0.0746. The van der Waals surface area contributed by atoms with Crippen LogP contribution in [0.5, 0.6) is 0 Å². The van der Waals surface area contributed by atoms with Crippen molar-refractivity contribution in [3.05, 3.63) is 82.6 Å². The number of hydrogen-bond acceptors (Lipinski definition) is 4. The molecule has 0 bridgehead atoms. The third-order valence-electron chi connectivity index (χ3n) is 3.79. The number of para-hydroxylation sites is 1. The first-order valence-electron chi connectivity index (χ1n) is 8.09. The van der Waals surface area contributed by atoms with E-state index in [2.05, 4.69) is 5.32 Å². The fourth-order valence-electron chi connectivity index (χ4n) is 2.49. The van der Waals surface area contributed by atoms with E-state index in [9.17, 15) is 20.0 Å². The van der Waals surface area contributed by atoms with Crippen molar-refractivity contribution in [1.29, 1.82) is 5.26 Å². The number of nitrogens with one attached hydrogen (secondary N) is 1. The van der Waals surface area contributed by atoms with Gasteiger partial charge in [-0.25, -0.2) is 4.79 Å². The SMILES string of the molecule is N#CC(=Cc1ccc(-c2cccc(Cl)c2)o1)C(=O)Nc1ccccc1C(=O)O. The van der Waals surface area contributed by atoms with Crippen LogP contribution in [0.3, 0.4) is 0 Å². The van der Waals surface area contributed by atoms with Crippen LogP contribution in [-0.4, -0.2) is 17.0 Å². The summed E-state index contributed by atoms with van der Waals surface area (Å²) in [6, 6.07) is 18.1. The van der Waals surface area contributed by atoms with Gasteiger partial charge in [-0.2, -0.15) is 5.26 Å². The number of hydrogen-bond donors (Lipinski definition) is 2. The molecule has 0 aliphatic rings. The standard InChI is InChI=1S/C21H13ClN2O4/c22-15-5-3-4-13(10-15)19-9-8-16(28-19)11-14(12-23)20(25)24-18-7-2-1-6-17(18)21(26)27/h1-11H,(H,24,25)(H,26,27). The van der Waals surface area contributed by atoms with Crippen molar-refractivity contribution in [3.63, 3.8) is 0 Å². The maximum absolute atomic E-state index is 12.4. The van der Waals surface area contributed by atoms with Gasteiger partial charge < -0.3 is 14.8 Å².